The monoisotopic (exact) mass is 251 g/mol. The van der Waals surface area contributed by atoms with Crippen LogP contribution >= 0.6 is 0 Å². The third-order valence-electron chi connectivity index (χ3n) is 2.28. The number of carbonyl (C=O) groups excluding carboxylic acids is 2. The van der Waals surface area contributed by atoms with E-state index in [9.17, 15) is 9.59 Å². The lowest BCUT2D eigenvalue weighted by Crippen LogP contribution is -2.43. The van der Waals surface area contributed by atoms with Crippen LogP contribution in [-0.4, -0.2) is 37.7 Å². The maximum absolute atomic E-state index is 11.7. The van der Waals surface area contributed by atoms with Gasteiger partial charge in [0.25, 0.3) is 0 Å². The summed E-state index contributed by atoms with van der Waals surface area (Å²) in [6, 6.07) is 5.91. The van der Waals surface area contributed by atoms with Gasteiger partial charge in [0.15, 0.2) is 0 Å². The van der Waals surface area contributed by atoms with Gasteiger partial charge in [0, 0.05) is 19.3 Å². The number of ether oxygens (including phenoxy) is 1. The quantitative estimate of drug-likeness (QED) is 0.861. The molecule has 6 nitrogen and oxygen atoms in total. The molecule has 0 bridgehead atoms. The summed E-state index contributed by atoms with van der Waals surface area (Å²) in [4.78, 5) is 24.1. The number of urea groups is 2. The summed E-state index contributed by atoms with van der Waals surface area (Å²) < 4.78 is 5.00. The fourth-order valence-electron chi connectivity index (χ4n) is 1.24. The first kappa shape index (κ1) is 13.8. The topological polar surface area (TPSA) is 70.7 Å². The molecule has 18 heavy (non-hydrogen) atoms. The van der Waals surface area contributed by atoms with Crippen LogP contribution in [0.15, 0.2) is 24.3 Å². The lowest BCUT2D eigenvalue weighted by molar-refractivity contribution is 0.202. The number of amides is 4. The predicted molar refractivity (Wildman–Crippen MR) is 68.8 cm³/mol. The molecule has 0 aliphatic carbocycles. The molecule has 1 rings (SSSR count). The van der Waals surface area contributed by atoms with Crippen molar-refractivity contribution in [3.63, 3.8) is 0 Å². The van der Waals surface area contributed by atoms with Gasteiger partial charge >= 0.3 is 12.1 Å². The molecule has 0 spiro atoms. The standard InChI is InChI=1S/C12H17N3O3/c1-4-13-11(16)15(2)12(17)14-9-5-7-10(18-3)8-6-9/h5-8H,4H2,1-3H3,(H,13,16)(H,14,17). The molecule has 0 radical (unpaired) electrons. The Bertz CT molecular complexity index is 417. The average molecular weight is 251 g/mol. The van der Waals surface area contributed by atoms with E-state index >= 15 is 0 Å². The fourth-order valence-corrected chi connectivity index (χ4v) is 1.24. The van der Waals surface area contributed by atoms with Crippen LogP contribution in [0.1, 0.15) is 6.92 Å². The third kappa shape index (κ3) is 3.65. The molecule has 0 unspecified atom stereocenters. The highest BCUT2D eigenvalue weighted by molar-refractivity contribution is 6.00. The second kappa shape index (κ2) is 6.48. The van der Waals surface area contributed by atoms with Crippen LogP contribution in [0.3, 0.4) is 0 Å². The Balaban J connectivity index is 2.60. The smallest absolute Gasteiger partial charge is 0.329 e. The van der Waals surface area contributed by atoms with Crippen molar-refractivity contribution in [2.24, 2.45) is 0 Å². The zero-order valence-electron chi connectivity index (χ0n) is 10.7. The van der Waals surface area contributed by atoms with Crippen LogP contribution in [0.2, 0.25) is 0 Å². The third-order valence-corrected chi connectivity index (χ3v) is 2.28. The highest BCUT2D eigenvalue weighted by atomic mass is 16.5. The predicted octanol–water partition coefficient (Wildman–Crippen LogP) is 1.89. The van der Waals surface area contributed by atoms with Gasteiger partial charge in [-0.2, -0.15) is 0 Å². The number of carbonyl (C=O) groups is 2. The maximum atomic E-state index is 11.7. The van der Waals surface area contributed by atoms with Gasteiger partial charge < -0.3 is 15.4 Å². The Hall–Kier alpha value is -2.24. The highest BCUT2D eigenvalue weighted by Crippen LogP contribution is 2.15. The maximum Gasteiger partial charge on any atom is 0.329 e. The van der Waals surface area contributed by atoms with E-state index in [1.807, 2.05) is 0 Å². The molecule has 0 heterocycles. The highest BCUT2D eigenvalue weighted by Gasteiger charge is 2.15. The Kier molecular flexibility index (Phi) is 4.98. The summed E-state index contributed by atoms with van der Waals surface area (Å²) in [5.41, 5.74) is 0.594. The van der Waals surface area contributed by atoms with E-state index in [1.165, 1.54) is 7.05 Å². The van der Waals surface area contributed by atoms with Crippen LogP contribution in [0.25, 0.3) is 0 Å². The van der Waals surface area contributed by atoms with Crippen molar-refractivity contribution in [1.29, 1.82) is 0 Å². The minimum absolute atomic E-state index is 0.441. The molecule has 98 valence electrons. The number of hydrogen-bond donors (Lipinski definition) is 2. The lowest BCUT2D eigenvalue weighted by Gasteiger charge is -2.16. The first-order valence-electron chi connectivity index (χ1n) is 5.55. The van der Waals surface area contributed by atoms with Crippen molar-refractivity contribution < 1.29 is 14.3 Å². The van der Waals surface area contributed by atoms with E-state index in [0.717, 1.165) is 4.90 Å². The second-order valence-corrected chi connectivity index (χ2v) is 3.55. The summed E-state index contributed by atoms with van der Waals surface area (Å²) in [7, 11) is 2.97. The first-order valence-corrected chi connectivity index (χ1v) is 5.55. The molecule has 2 N–H and O–H groups in total. The first-order chi connectivity index (χ1) is 8.58. The Morgan fingerprint density at radius 3 is 2.33 bits per heavy atom. The number of anilines is 1. The van der Waals surface area contributed by atoms with Crippen molar-refractivity contribution >= 4 is 17.7 Å². The van der Waals surface area contributed by atoms with E-state index in [2.05, 4.69) is 10.6 Å². The van der Waals surface area contributed by atoms with Crippen LogP contribution in [0.4, 0.5) is 15.3 Å². The molecule has 0 atom stereocenters. The number of methoxy groups -OCH3 is 1. The number of rotatable bonds is 3. The molecular weight excluding hydrogens is 234 g/mol. The Morgan fingerprint density at radius 2 is 1.83 bits per heavy atom. The molecule has 0 aromatic heterocycles. The number of imide groups is 1. The van der Waals surface area contributed by atoms with Gasteiger partial charge in [-0.3, -0.25) is 0 Å². The van der Waals surface area contributed by atoms with Gasteiger partial charge in [-0.1, -0.05) is 0 Å². The van der Waals surface area contributed by atoms with Crippen LogP contribution < -0.4 is 15.4 Å². The van der Waals surface area contributed by atoms with Crippen molar-refractivity contribution in [2.45, 2.75) is 6.92 Å². The number of nitrogens with one attached hydrogen (secondary N) is 2. The van der Waals surface area contributed by atoms with Crippen molar-refractivity contribution in [2.75, 3.05) is 26.0 Å². The largest absolute Gasteiger partial charge is 0.497 e. The number of benzene rings is 1. The van der Waals surface area contributed by atoms with E-state index in [0.29, 0.717) is 18.0 Å². The molecule has 0 saturated heterocycles. The van der Waals surface area contributed by atoms with Crippen molar-refractivity contribution in [3.8, 4) is 5.75 Å². The van der Waals surface area contributed by atoms with Gasteiger partial charge in [-0.05, 0) is 31.2 Å². The minimum atomic E-state index is -0.494. The molecule has 0 fully saturated rings. The molecule has 0 aliphatic rings. The fraction of sp³-hybridized carbons (Fsp3) is 0.333. The van der Waals surface area contributed by atoms with Gasteiger partial charge in [0.1, 0.15) is 5.75 Å². The van der Waals surface area contributed by atoms with E-state index in [-0.39, 0.29) is 0 Å². The number of nitrogens with zero attached hydrogens (tertiary/aromatic N) is 1. The van der Waals surface area contributed by atoms with Gasteiger partial charge in [0.2, 0.25) is 0 Å². The molecule has 0 aliphatic heterocycles. The molecule has 0 saturated carbocycles. The van der Waals surface area contributed by atoms with Crippen LogP contribution in [0.5, 0.6) is 5.75 Å². The lowest BCUT2D eigenvalue weighted by atomic mass is 10.3. The number of hydrogen-bond acceptors (Lipinski definition) is 3. The molecule has 4 amide bonds. The van der Waals surface area contributed by atoms with Crippen molar-refractivity contribution in [1.82, 2.24) is 10.2 Å². The zero-order valence-corrected chi connectivity index (χ0v) is 10.7. The van der Waals surface area contributed by atoms with Gasteiger partial charge in [-0.25, -0.2) is 14.5 Å². The molecule has 1 aromatic carbocycles. The minimum Gasteiger partial charge on any atom is -0.497 e. The summed E-state index contributed by atoms with van der Waals surface area (Å²) >= 11 is 0. The summed E-state index contributed by atoms with van der Waals surface area (Å²) in [6.45, 7) is 2.26. The Labute approximate surface area is 106 Å². The normalized spacial score (nSPS) is 9.50. The zero-order chi connectivity index (χ0) is 13.5. The summed E-state index contributed by atoms with van der Waals surface area (Å²) in [6.07, 6.45) is 0. The van der Waals surface area contributed by atoms with Crippen LogP contribution in [-0.2, 0) is 0 Å². The van der Waals surface area contributed by atoms with E-state index in [1.54, 1.807) is 38.3 Å². The van der Waals surface area contributed by atoms with E-state index in [4.69, 9.17) is 4.74 Å². The summed E-state index contributed by atoms with van der Waals surface area (Å²) in [5, 5.41) is 5.14. The van der Waals surface area contributed by atoms with Crippen molar-refractivity contribution in [3.05, 3.63) is 24.3 Å². The summed E-state index contributed by atoms with van der Waals surface area (Å²) in [5.74, 6) is 0.699. The van der Waals surface area contributed by atoms with Gasteiger partial charge in [-0.15, -0.1) is 0 Å². The van der Waals surface area contributed by atoms with Crippen LogP contribution in [0, 0.1) is 0 Å². The van der Waals surface area contributed by atoms with E-state index < -0.39 is 12.1 Å². The van der Waals surface area contributed by atoms with Gasteiger partial charge in [0.05, 0.1) is 7.11 Å². The average Bonchev–Trinajstić information content (AvgIpc) is 2.39. The SMILES string of the molecule is CCNC(=O)N(C)C(=O)Nc1ccc(OC)cc1. The second-order valence-electron chi connectivity index (χ2n) is 3.55. The molecular formula is C12H17N3O3. The molecule has 6 heteroatoms. The molecule has 1 aromatic rings. The Morgan fingerprint density at radius 1 is 1.22 bits per heavy atom.